The molecule has 2 saturated heterocycles. The van der Waals surface area contributed by atoms with E-state index in [0.29, 0.717) is 12.5 Å². The van der Waals surface area contributed by atoms with E-state index in [9.17, 15) is 0 Å². The van der Waals surface area contributed by atoms with E-state index in [2.05, 4.69) is 48.8 Å². The molecule has 4 fully saturated rings. The Labute approximate surface area is 218 Å². The monoisotopic (exact) mass is 502 g/mol. The van der Waals surface area contributed by atoms with Gasteiger partial charge in [-0.2, -0.15) is 10.1 Å². The van der Waals surface area contributed by atoms with E-state index in [-0.39, 0.29) is 5.95 Å². The first-order valence-corrected chi connectivity index (χ1v) is 13.9. The average molecular weight is 503 g/mol. The predicted molar refractivity (Wildman–Crippen MR) is 144 cm³/mol. The van der Waals surface area contributed by atoms with Crippen molar-refractivity contribution in [2.45, 2.75) is 38.8 Å². The molecule has 3 aromatic rings. The number of fused-ring (bicyclic) bond motifs is 2. The van der Waals surface area contributed by atoms with Crippen LogP contribution in [0.5, 0.6) is 5.75 Å². The van der Waals surface area contributed by atoms with Gasteiger partial charge < -0.3 is 21.1 Å². The lowest BCUT2D eigenvalue weighted by Gasteiger charge is -2.35. The van der Waals surface area contributed by atoms with E-state index in [1.807, 2.05) is 4.68 Å². The molecule has 4 aliphatic rings. The molecule has 1 aromatic carbocycles. The molecule has 4 heterocycles. The molecule has 0 bridgehead atoms. The van der Waals surface area contributed by atoms with Gasteiger partial charge in [0.05, 0.1) is 19.9 Å². The lowest BCUT2D eigenvalue weighted by atomic mass is 9.72. The summed E-state index contributed by atoms with van der Waals surface area (Å²) in [7, 11) is 1.75. The highest BCUT2D eigenvalue weighted by atomic mass is 16.5. The number of likely N-dealkylation sites (tertiary alicyclic amines) is 1. The lowest BCUT2D eigenvalue weighted by molar-refractivity contribution is 0.179. The summed E-state index contributed by atoms with van der Waals surface area (Å²) in [5, 5.41) is 11.8. The number of nitrogen functional groups attached to an aromatic ring is 1. The first-order chi connectivity index (χ1) is 18.1. The second-order valence-corrected chi connectivity index (χ2v) is 11.8. The molecule has 37 heavy (non-hydrogen) atoms. The van der Waals surface area contributed by atoms with Crippen LogP contribution < -0.4 is 21.1 Å². The molecule has 2 aliphatic heterocycles. The van der Waals surface area contributed by atoms with Gasteiger partial charge in [0, 0.05) is 31.7 Å². The zero-order chi connectivity index (χ0) is 24.9. The van der Waals surface area contributed by atoms with Crippen molar-refractivity contribution in [2.24, 2.45) is 29.6 Å². The largest absolute Gasteiger partial charge is 0.496 e. The van der Waals surface area contributed by atoms with E-state index < -0.39 is 0 Å². The van der Waals surface area contributed by atoms with Crippen LogP contribution in [0, 0.1) is 29.6 Å². The van der Waals surface area contributed by atoms with Gasteiger partial charge in [0.25, 0.3) is 0 Å². The number of hydrogen-bond acceptors (Lipinski definition) is 8. The maximum absolute atomic E-state index is 6.04. The first-order valence-electron chi connectivity index (χ1n) is 13.9. The van der Waals surface area contributed by atoms with Crippen molar-refractivity contribution in [3.05, 3.63) is 35.5 Å². The number of nitrogens with one attached hydrogen (secondary N) is 2. The zero-order valence-electron chi connectivity index (χ0n) is 21.7. The maximum Gasteiger partial charge on any atom is 0.222 e. The van der Waals surface area contributed by atoms with Crippen LogP contribution in [0.15, 0.2) is 24.4 Å². The van der Waals surface area contributed by atoms with Crippen LogP contribution in [0.2, 0.25) is 0 Å². The van der Waals surface area contributed by atoms with Crippen LogP contribution in [0.4, 0.5) is 11.8 Å². The minimum Gasteiger partial charge on any atom is -0.496 e. The number of anilines is 2. The van der Waals surface area contributed by atoms with Crippen LogP contribution in [0.3, 0.4) is 0 Å². The highest BCUT2D eigenvalue weighted by Crippen LogP contribution is 2.49. The Bertz CT molecular complexity index is 1270. The van der Waals surface area contributed by atoms with E-state index in [1.165, 1.54) is 44.3 Å². The number of benzene rings is 1. The Hall–Kier alpha value is -2.91. The van der Waals surface area contributed by atoms with Gasteiger partial charge in [-0.05, 0) is 80.0 Å². The molecule has 0 radical (unpaired) electrons. The summed E-state index contributed by atoms with van der Waals surface area (Å²) < 4.78 is 7.80. The normalized spacial score (nSPS) is 27.4. The van der Waals surface area contributed by atoms with Crippen LogP contribution in [0.25, 0.3) is 11.0 Å². The first kappa shape index (κ1) is 23.2. The van der Waals surface area contributed by atoms with Crippen molar-refractivity contribution in [1.29, 1.82) is 0 Å². The van der Waals surface area contributed by atoms with Crippen LogP contribution in [-0.4, -0.2) is 64.5 Å². The van der Waals surface area contributed by atoms with Crippen molar-refractivity contribution in [2.75, 3.05) is 50.9 Å². The van der Waals surface area contributed by atoms with Crippen molar-refractivity contribution in [3.63, 3.8) is 0 Å². The number of nitrogens with two attached hydrogens (primary N) is 1. The molecule has 7 rings (SSSR count). The van der Waals surface area contributed by atoms with Gasteiger partial charge in [-0.15, -0.1) is 0 Å². The Kier molecular flexibility index (Phi) is 5.92. The molecule has 9 nitrogen and oxygen atoms in total. The number of aromatic nitrogens is 4. The Balaban J connectivity index is 1.07. The van der Waals surface area contributed by atoms with E-state index >= 15 is 0 Å². The van der Waals surface area contributed by atoms with Crippen LogP contribution in [0.1, 0.15) is 36.8 Å². The quantitative estimate of drug-likeness (QED) is 0.410. The van der Waals surface area contributed by atoms with Crippen LogP contribution in [-0.2, 0) is 13.1 Å². The fourth-order valence-corrected chi connectivity index (χ4v) is 6.93. The maximum atomic E-state index is 6.04. The number of nitrogens with zero attached hydrogens (tertiary/aromatic N) is 5. The summed E-state index contributed by atoms with van der Waals surface area (Å²) in [4.78, 5) is 11.6. The Morgan fingerprint density at radius 3 is 2.62 bits per heavy atom. The Morgan fingerprint density at radius 1 is 1.05 bits per heavy atom. The zero-order valence-corrected chi connectivity index (χ0v) is 21.7. The van der Waals surface area contributed by atoms with Gasteiger partial charge in [-0.3, -0.25) is 9.58 Å². The topological polar surface area (TPSA) is 106 Å². The molecule has 9 heteroatoms. The SMILES string of the molecule is COc1cc(CN2C[C@H]3CNC[C@H]3C2)ccc1Cn1ncc2nc(N)nc(NCC3CC(C4CC4)C3)c21. The summed E-state index contributed by atoms with van der Waals surface area (Å²) in [6.07, 6.45) is 7.33. The average Bonchev–Trinajstić information content (AvgIpc) is 3.27. The summed E-state index contributed by atoms with van der Waals surface area (Å²) in [5.41, 5.74) is 10.1. The van der Waals surface area contributed by atoms with E-state index in [4.69, 9.17) is 10.5 Å². The lowest BCUT2D eigenvalue weighted by Crippen LogP contribution is -2.31. The number of methoxy groups -OCH3 is 1. The molecule has 0 amide bonds. The van der Waals surface area contributed by atoms with Gasteiger partial charge in [0.2, 0.25) is 5.95 Å². The summed E-state index contributed by atoms with van der Waals surface area (Å²) in [6, 6.07) is 6.60. The minimum absolute atomic E-state index is 0.280. The molecule has 2 aliphatic carbocycles. The second kappa shape index (κ2) is 9.44. The third-order valence-electron chi connectivity index (χ3n) is 9.17. The number of ether oxygens (including phenoxy) is 1. The van der Waals surface area contributed by atoms with Gasteiger partial charge in [0.15, 0.2) is 5.82 Å². The summed E-state index contributed by atoms with van der Waals surface area (Å²) in [6.45, 7) is 7.17. The third-order valence-corrected chi connectivity index (χ3v) is 9.17. The van der Waals surface area contributed by atoms with Crippen molar-refractivity contribution < 1.29 is 4.74 Å². The fourth-order valence-electron chi connectivity index (χ4n) is 6.93. The smallest absolute Gasteiger partial charge is 0.222 e. The number of rotatable bonds is 9. The van der Waals surface area contributed by atoms with E-state index in [0.717, 1.165) is 78.0 Å². The highest BCUT2D eigenvalue weighted by Gasteiger charge is 2.40. The second-order valence-electron chi connectivity index (χ2n) is 11.8. The molecule has 196 valence electrons. The molecular formula is C28H38N8O. The fraction of sp³-hybridized carbons (Fsp3) is 0.607. The van der Waals surface area contributed by atoms with Crippen LogP contribution >= 0.6 is 0 Å². The standard InChI is InChI=1S/C28H38N8O/c1-37-25-8-17(13-35-14-22-10-30-11-23(22)15-35)2-3-20(25)16-36-26-24(12-32-36)33-28(29)34-27(26)31-9-18-6-21(7-18)19-4-5-19/h2-3,8,12,18-19,21-23,30H,4-7,9-11,13-16H2,1H3,(H3,29,31,33,34)/t18?,21?,22-,23+. The minimum atomic E-state index is 0.280. The number of hydrogen-bond donors (Lipinski definition) is 3. The molecule has 2 atom stereocenters. The molecule has 2 saturated carbocycles. The summed E-state index contributed by atoms with van der Waals surface area (Å²) >= 11 is 0. The summed E-state index contributed by atoms with van der Waals surface area (Å²) in [5.74, 6) is 6.23. The van der Waals surface area contributed by atoms with Gasteiger partial charge in [0.1, 0.15) is 16.8 Å². The van der Waals surface area contributed by atoms with Gasteiger partial charge >= 0.3 is 0 Å². The highest BCUT2D eigenvalue weighted by molar-refractivity contribution is 5.86. The third kappa shape index (κ3) is 4.63. The predicted octanol–water partition coefficient (Wildman–Crippen LogP) is 2.96. The van der Waals surface area contributed by atoms with Crippen molar-refractivity contribution >= 4 is 22.8 Å². The molecule has 2 aromatic heterocycles. The van der Waals surface area contributed by atoms with Gasteiger partial charge in [-0.25, -0.2) is 4.98 Å². The molecule has 0 spiro atoms. The molecule has 4 N–H and O–H groups in total. The van der Waals surface area contributed by atoms with Crippen molar-refractivity contribution in [3.8, 4) is 5.75 Å². The van der Waals surface area contributed by atoms with E-state index in [1.54, 1.807) is 13.3 Å². The Morgan fingerprint density at radius 2 is 1.86 bits per heavy atom. The van der Waals surface area contributed by atoms with Gasteiger partial charge in [-0.1, -0.05) is 12.1 Å². The van der Waals surface area contributed by atoms with Crippen molar-refractivity contribution in [1.82, 2.24) is 30.0 Å². The molecular weight excluding hydrogens is 464 g/mol. The molecule has 0 unspecified atom stereocenters.